The highest BCUT2D eigenvalue weighted by molar-refractivity contribution is 5.93. The maximum absolute atomic E-state index is 13.1. The third-order valence-corrected chi connectivity index (χ3v) is 5.99. The summed E-state index contributed by atoms with van der Waals surface area (Å²) in [4.78, 5) is 19.1. The van der Waals surface area contributed by atoms with E-state index in [1.807, 2.05) is 4.90 Å². The number of carbonyl (C=O) groups is 1. The number of aromatic nitrogens is 3. The summed E-state index contributed by atoms with van der Waals surface area (Å²) in [6.45, 7) is 1.22. The fourth-order valence-electron chi connectivity index (χ4n) is 4.54. The molecule has 0 bridgehead atoms. The lowest BCUT2D eigenvalue weighted by molar-refractivity contribution is -0.0231. The Bertz CT molecular complexity index is 1040. The molecule has 8 heteroatoms. The van der Waals surface area contributed by atoms with Gasteiger partial charge in [-0.3, -0.25) is 4.79 Å². The number of likely N-dealkylation sites (tertiary alicyclic amines) is 1. The van der Waals surface area contributed by atoms with Crippen molar-refractivity contribution in [1.82, 2.24) is 19.5 Å². The van der Waals surface area contributed by atoms with Crippen molar-refractivity contribution in [3.05, 3.63) is 60.3 Å². The standard InChI is InChI=1S/C21H21FN4O3/c22-15-4-6-16(7-5-15)29-19-9-14-11-25(10-13(14)8-18(19)27)21(28)17-2-1-3-20-23-12-24-26(17)20/h1-7,12-14,18-19,27H,8-11H2/t13-,14+,18+,19+/m0/s1. The molecule has 7 nitrogen and oxygen atoms in total. The van der Waals surface area contributed by atoms with E-state index in [1.54, 1.807) is 34.8 Å². The molecule has 1 aromatic carbocycles. The van der Waals surface area contributed by atoms with Crippen molar-refractivity contribution in [2.45, 2.75) is 25.0 Å². The number of amides is 1. The normalized spacial score (nSPS) is 26.5. The number of carbonyl (C=O) groups excluding carboxylic acids is 1. The molecule has 1 saturated heterocycles. The van der Waals surface area contributed by atoms with Crippen molar-refractivity contribution in [3.8, 4) is 5.75 Å². The number of pyridine rings is 1. The summed E-state index contributed by atoms with van der Waals surface area (Å²) < 4.78 is 20.6. The molecule has 4 atom stereocenters. The number of benzene rings is 1. The predicted molar refractivity (Wildman–Crippen MR) is 102 cm³/mol. The smallest absolute Gasteiger partial charge is 0.272 e. The molecule has 1 saturated carbocycles. The first-order valence-electron chi connectivity index (χ1n) is 9.77. The SMILES string of the molecule is O=C(c1cccc2ncnn12)N1C[C@H]2C[C@@H](Oc3ccc(F)cc3)[C@H](O)C[C@H]2C1. The molecule has 1 aliphatic carbocycles. The minimum atomic E-state index is -0.616. The van der Waals surface area contributed by atoms with Crippen LogP contribution in [0, 0.1) is 17.7 Å². The van der Waals surface area contributed by atoms with Crippen LogP contribution in [-0.4, -0.2) is 55.8 Å². The molecule has 5 rings (SSSR count). The molecule has 29 heavy (non-hydrogen) atoms. The van der Waals surface area contributed by atoms with E-state index in [0.29, 0.717) is 43.0 Å². The first-order valence-corrected chi connectivity index (χ1v) is 9.77. The van der Waals surface area contributed by atoms with E-state index >= 15 is 0 Å². The Morgan fingerprint density at radius 3 is 2.66 bits per heavy atom. The summed E-state index contributed by atoms with van der Waals surface area (Å²) in [5, 5.41) is 14.7. The number of ether oxygens (including phenoxy) is 1. The second kappa shape index (κ2) is 7.11. The van der Waals surface area contributed by atoms with Gasteiger partial charge in [-0.15, -0.1) is 0 Å². The number of rotatable bonds is 3. The molecule has 0 spiro atoms. The lowest BCUT2D eigenvalue weighted by Gasteiger charge is -2.35. The van der Waals surface area contributed by atoms with Gasteiger partial charge in [0.05, 0.1) is 6.10 Å². The second-order valence-electron chi connectivity index (χ2n) is 7.82. The van der Waals surface area contributed by atoms with Gasteiger partial charge < -0.3 is 14.7 Å². The molecular weight excluding hydrogens is 375 g/mol. The molecule has 2 aliphatic rings. The van der Waals surface area contributed by atoms with Crippen molar-refractivity contribution in [2.75, 3.05) is 13.1 Å². The molecule has 3 aromatic rings. The highest BCUT2D eigenvalue weighted by Crippen LogP contribution is 2.38. The van der Waals surface area contributed by atoms with Gasteiger partial charge in [-0.2, -0.15) is 5.10 Å². The Morgan fingerprint density at radius 2 is 1.86 bits per heavy atom. The number of hydrogen-bond donors (Lipinski definition) is 1. The monoisotopic (exact) mass is 396 g/mol. The van der Waals surface area contributed by atoms with Gasteiger partial charge in [-0.25, -0.2) is 13.9 Å². The molecule has 1 N–H and O–H groups in total. The number of hydrogen-bond acceptors (Lipinski definition) is 5. The summed E-state index contributed by atoms with van der Waals surface area (Å²) in [6, 6.07) is 11.2. The van der Waals surface area contributed by atoms with Crippen LogP contribution in [0.15, 0.2) is 48.8 Å². The van der Waals surface area contributed by atoms with Gasteiger partial charge in [-0.05, 0) is 61.1 Å². The van der Waals surface area contributed by atoms with Gasteiger partial charge in [0.25, 0.3) is 5.91 Å². The van der Waals surface area contributed by atoms with Crippen molar-refractivity contribution in [3.63, 3.8) is 0 Å². The molecule has 3 heterocycles. The zero-order valence-corrected chi connectivity index (χ0v) is 15.7. The molecule has 2 aromatic heterocycles. The topological polar surface area (TPSA) is 80.0 Å². The predicted octanol–water partition coefficient (Wildman–Crippen LogP) is 2.16. The van der Waals surface area contributed by atoms with Crippen LogP contribution in [0.3, 0.4) is 0 Å². The van der Waals surface area contributed by atoms with Gasteiger partial charge in [-0.1, -0.05) is 6.07 Å². The minimum absolute atomic E-state index is 0.0824. The van der Waals surface area contributed by atoms with Gasteiger partial charge in [0.15, 0.2) is 5.65 Å². The van der Waals surface area contributed by atoms with Gasteiger partial charge in [0.2, 0.25) is 0 Å². The van der Waals surface area contributed by atoms with E-state index in [4.69, 9.17) is 4.74 Å². The lowest BCUT2D eigenvalue weighted by atomic mass is 9.78. The number of aliphatic hydroxyl groups excluding tert-OH is 1. The Labute approximate surface area is 166 Å². The van der Waals surface area contributed by atoms with Crippen LogP contribution in [0.4, 0.5) is 4.39 Å². The Hall–Kier alpha value is -3.00. The summed E-state index contributed by atoms with van der Waals surface area (Å²) in [5.74, 6) is 0.618. The van der Waals surface area contributed by atoms with E-state index in [0.717, 1.165) is 0 Å². The lowest BCUT2D eigenvalue weighted by Crippen LogP contribution is -2.42. The zero-order valence-electron chi connectivity index (χ0n) is 15.7. The largest absolute Gasteiger partial charge is 0.488 e. The molecule has 0 unspecified atom stereocenters. The Balaban J connectivity index is 1.30. The van der Waals surface area contributed by atoms with Gasteiger partial charge in [0.1, 0.15) is 29.7 Å². The van der Waals surface area contributed by atoms with Crippen molar-refractivity contribution in [2.24, 2.45) is 11.8 Å². The molecular formula is C21H21FN4O3. The van der Waals surface area contributed by atoms with Crippen LogP contribution in [0.1, 0.15) is 23.3 Å². The van der Waals surface area contributed by atoms with E-state index in [1.165, 1.54) is 18.5 Å². The third kappa shape index (κ3) is 3.33. The van der Waals surface area contributed by atoms with Crippen LogP contribution in [0.2, 0.25) is 0 Å². The highest BCUT2D eigenvalue weighted by atomic mass is 19.1. The maximum atomic E-state index is 13.1. The quantitative estimate of drug-likeness (QED) is 0.734. The third-order valence-electron chi connectivity index (χ3n) is 5.99. The first kappa shape index (κ1) is 18.1. The van der Waals surface area contributed by atoms with Crippen LogP contribution < -0.4 is 4.74 Å². The fourth-order valence-corrected chi connectivity index (χ4v) is 4.54. The van der Waals surface area contributed by atoms with E-state index in [9.17, 15) is 14.3 Å². The number of halogens is 1. The number of fused-ring (bicyclic) bond motifs is 2. The van der Waals surface area contributed by atoms with Crippen LogP contribution in [0.25, 0.3) is 5.65 Å². The van der Waals surface area contributed by atoms with Crippen molar-refractivity contribution in [1.29, 1.82) is 0 Å². The van der Waals surface area contributed by atoms with E-state index in [2.05, 4.69) is 10.1 Å². The van der Waals surface area contributed by atoms with Crippen molar-refractivity contribution >= 4 is 11.6 Å². The van der Waals surface area contributed by atoms with Crippen LogP contribution >= 0.6 is 0 Å². The molecule has 1 amide bonds. The summed E-state index contributed by atoms with van der Waals surface area (Å²) >= 11 is 0. The molecule has 1 aliphatic heterocycles. The summed E-state index contributed by atoms with van der Waals surface area (Å²) in [6.07, 6.45) is 1.68. The zero-order chi connectivity index (χ0) is 20.0. The van der Waals surface area contributed by atoms with Gasteiger partial charge in [0, 0.05) is 13.1 Å². The van der Waals surface area contributed by atoms with Crippen LogP contribution in [0.5, 0.6) is 5.75 Å². The number of nitrogens with zero attached hydrogens (tertiary/aromatic N) is 4. The second-order valence-corrected chi connectivity index (χ2v) is 7.82. The van der Waals surface area contributed by atoms with E-state index in [-0.39, 0.29) is 29.7 Å². The molecule has 150 valence electrons. The highest BCUT2D eigenvalue weighted by Gasteiger charge is 2.44. The average molecular weight is 396 g/mol. The minimum Gasteiger partial charge on any atom is -0.488 e. The van der Waals surface area contributed by atoms with E-state index < -0.39 is 6.10 Å². The van der Waals surface area contributed by atoms with Crippen molar-refractivity contribution < 1.29 is 19.0 Å². The fraction of sp³-hybridized carbons (Fsp3) is 0.381. The summed E-state index contributed by atoms with van der Waals surface area (Å²) in [7, 11) is 0. The number of aliphatic hydroxyl groups is 1. The maximum Gasteiger partial charge on any atom is 0.272 e. The molecule has 2 fully saturated rings. The average Bonchev–Trinajstić information content (AvgIpc) is 3.36. The molecule has 0 radical (unpaired) electrons. The van der Waals surface area contributed by atoms with Gasteiger partial charge >= 0.3 is 0 Å². The first-order chi connectivity index (χ1) is 14.1. The summed E-state index contributed by atoms with van der Waals surface area (Å²) in [5.41, 5.74) is 1.12. The Morgan fingerprint density at radius 1 is 1.10 bits per heavy atom. The Kier molecular flexibility index (Phi) is 4.43. The van der Waals surface area contributed by atoms with Crippen LogP contribution in [-0.2, 0) is 0 Å².